The molecule has 0 aromatic rings. The lowest BCUT2D eigenvalue weighted by atomic mass is 10.1. The van der Waals surface area contributed by atoms with Crippen molar-refractivity contribution in [2.24, 2.45) is 0 Å². The average Bonchev–Trinajstić information content (AvgIpc) is 2.96. The summed E-state index contributed by atoms with van der Waals surface area (Å²) in [6.45, 7) is 1.70. The molecule has 0 fully saturated rings. The van der Waals surface area contributed by atoms with Gasteiger partial charge in [0, 0.05) is 12.8 Å². The summed E-state index contributed by atoms with van der Waals surface area (Å²) in [5.74, 6) is -1.04. The molecule has 0 spiro atoms. The third-order valence-electron chi connectivity index (χ3n) is 6.16. The molecule has 0 aromatic carbocycles. The Morgan fingerprint density at radius 1 is 0.756 bits per heavy atom. The summed E-state index contributed by atoms with van der Waals surface area (Å²) < 4.78 is 31.6. The van der Waals surface area contributed by atoms with Crippen LogP contribution in [0.4, 0.5) is 0 Å². The third-order valence-corrected chi connectivity index (χ3v) is 7.11. The molecule has 0 aliphatic heterocycles. The van der Waals surface area contributed by atoms with E-state index in [4.69, 9.17) is 19.1 Å². The molecule has 0 bridgehead atoms. The highest BCUT2D eigenvalue weighted by Crippen LogP contribution is 2.43. The van der Waals surface area contributed by atoms with Crippen molar-refractivity contribution in [3.63, 3.8) is 0 Å². The van der Waals surface area contributed by atoms with Gasteiger partial charge in [-0.15, -0.1) is 0 Å². The number of phosphoric ester groups is 1. The van der Waals surface area contributed by atoms with Crippen molar-refractivity contribution in [2.45, 2.75) is 129 Å². The van der Waals surface area contributed by atoms with E-state index in [0.29, 0.717) is 6.42 Å². The van der Waals surface area contributed by atoms with Crippen molar-refractivity contribution >= 4 is 19.8 Å². The summed E-state index contributed by atoms with van der Waals surface area (Å²) in [4.78, 5) is 33.4. The number of rotatable bonds is 28. The molecule has 0 aromatic heterocycles. The lowest BCUT2D eigenvalue weighted by Gasteiger charge is -2.20. The number of hydrogen-bond acceptors (Lipinski definition) is 9. The van der Waals surface area contributed by atoms with Crippen molar-refractivity contribution in [3.8, 4) is 0 Å². The highest BCUT2D eigenvalue weighted by Gasteiger charge is 2.27. The predicted octanol–water partition coefficient (Wildman–Crippen LogP) is 6.32. The number of ether oxygens (including phenoxy) is 2. The van der Waals surface area contributed by atoms with Gasteiger partial charge in [0.25, 0.3) is 0 Å². The summed E-state index contributed by atoms with van der Waals surface area (Å²) >= 11 is 0. The van der Waals surface area contributed by atoms with Crippen molar-refractivity contribution < 1.29 is 47.8 Å². The first-order chi connectivity index (χ1) is 19.7. The Balaban J connectivity index is 4.03. The van der Waals surface area contributed by atoms with E-state index in [1.54, 1.807) is 6.92 Å². The molecule has 0 amide bonds. The van der Waals surface area contributed by atoms with Gasteiger partial charge >= 0.3 is 19.8 Å². The first-order valence-corrected chi connectivity index (χ1v) is 16.8. The number of carbonyl (C=O) groups is 2. The van der Waals surface area contributed by atoms with Crippen molar-refractivity contribution in [2.75, 3.05) is 26.4 Å². The summed E-state index contributed by atoms with van der Waals surface area (Å²) in [7, 11) is -4.58. The topological polar surface area (TPSA) is 149 Å². The standard InChI is InChI=1S/C30H55O10P/c1-3-5-6-7-8-9-10-11-12-13-14-15-16-17-18-19-20-21-22-30(34)40-28(25-37-29(33)4-2)26-39-41(35,36)38-24-27(32)23-31/h9-10,12-13,27-28,31-32H,3-8,11,14-26H2,1-2H3,(H,35,36)/b10-9-,13-12-. The number of esters is 2. The molecule has 0 aliphatic rings. The van der Waals surface area contributed by atoms with Gasteiger partial charge in [0.15, 0.2) is 6.10 Å². The van der Waals surface area contributed by atoms with Crippen LogP contribution in [0.5, 0.6) is 0 Å². The van der Waals surface area contributed by atoms with Gasteiger partial charge < -0.3 is 24.6 Å². The molecule has 3 N–H and O–H groups in total. The Morgan fingerprint density at radius 3 is 1.90 bits per heavy atom. The molecule has 3 atom stereocenters. The molecule has 3 unspecified atom stereocenters. The molecule has 0 radical (unpaired) electrons. The molecule has 0 saturated heterocycles. The zero-order valence-corrected chi connectivity index (χ0v) is 26.1. The van der Waals surface area contributed by atoms with Gasteiger partial charge in [-0.3, -0.25) is 18.6 Å². The summed E-state index contributed by atoms with van der Waals surface area (Å²) in [5, 5.41) is 18.0. The lowest BCUT2D eigenvalue weighted by molar-refractivity contribution is -0.161. The predicted molar refractivity (Wildman–Crippen MR) is 159 cm³/mol. The number of allylic oxidation sites excluding steroid dienone is 4. The normalized spacial score (nSPS) is 14.8. The minimum Gasteiger partial charge on any atom is -0.462 e. The molecular formula is C30H55O10P. The molecule has 0 aliphatic carbocycles. The van der Waals surface area contributed by atoms with E-state index in [0.717, 1.165) is 38.5 Å². The van der Waals surface area contributed by atoms with Crippen LogP contribution < -0.4 is 0 Å². The van der Waals surface area contributed by atoms with Gasteiger partial charge in [0.1, 0.15) is 12.7 Å². The summed E-state index contributed by atoms with van der Waals surface area (Å²) in [6.07, 6.45) is 22.7. The van der Waals surface area contributed by atoms with Crippen LogP contribution >= 0.6 is 7.82 Å². The second-order valence-electron chi connectivity index (χ2n) is 10.1. The van der Waals surface area contributed by atoms with Crippen molar-refractivity contribution in [3.05, 3.63) is 24.3 Å². The van der Waals surface area contributed by atoms with E-state index in [1.807, 2.05) is 0 Å². The maximum Gasteiger partial charge on any atom is 0.472 e. The van der Waals surface area contributed by atoms with Crippen LogP contribution in [0.2, 0.25) is 0 Å². The van der Waals surface area contributed by atoms with Gasteiger partial charge in [-0.2, -0.15) is 0 Å². The highest BCUT2D eigenvalue weighted by atomic mass is 31.2. The second-order valence-corrected chi connectivity index (χ2v) is 11.5. The number of phosphoric acid groups is 1. The van der Waals surface area contributed by atoms with E-state index in [-0.39, 0.29) is 19.4 Å². The van der Waals surface area contributed by atoms with Gasteiger partial charge in [-0.25, -0.2) is 4.57 Å². The smallest absolute Gasteiger partial charge is 0.462 e. The largest absolute Gasteiger partial charge is 0.472 e. The third kappa shape index (κ3) is 27.1. The van der Waals surface area contributed by atoms with E-state index in [2.05, 4.69) is 35.8 Å². The van der Waals surface area contributed by atoms with Crippen LogP contribution in [0, 0.1) is 0 Å². The fourth-order valence-corrected chi connectivity index (χ4v) is 4.50. The summed E-state index contributed by atoms with van der Waals surface area (Å²) in [6, 6.07) is 0. The Labute approximate surface area is 247 Å². The minimum absolute atomic E-state index is 0.121. The molecule has 0 rings (SSSR count). The number of carbonyl (C=O) groups excluding carboxylic acids is 2. The van der Waals surface area contributed by atoms with Crippen LogP contribution in [0.3, 0.4) is 0 Å². The Kier molecular flexibility index (Phi) is 26.3. The van der Waals surface area contributed by atoms with Crippen LogP contribution in [0.25, 0.3) is 0 Å². The van der Waals surface area contributed by atoms with Gasteiger partial charge in [-0.05, 0) is 38.5 Å². The Bertz CT molecular complexity index is 756. The number of unbranched alkanes of at least 4 members (excludes halogenated alkanes) is 11. The van der Waals surface area contributed by atoms with E-state index >= 15 is 0 Å². The van der Waals surface area contributed by atoms with E-state index < -0.39 is 51.8 Å². The van der Waals surface area contributed by atoms with Gasteiger partial charge in [0.05, 0.1) is 19.8 Å². The molecular weight excluding hydrogens is 551 g/mol. The second kappa shape index (κ2) is 27.3. The SMILES string of the molecule is CCCCCC/C=C\C/C=C\CCCCCCCCCC(=O)OC(COC(=O)CC)COP(=O)(O)OCC(O)CO. The summed E-state index contributed by atoms with van der Waals surface area (Å²) in [5.41, 5.74) is 0. The van der Waals surface area contributed by atoms with Crippen LogP contribution in [-0.2, 0) is 32.7 Å². The lowest BCUT2D eigenvalue weighted by Crippen LogP contribution is -2.29. The zero-order chi connectivity index (χ0) is 30.6. The maximum atomic E-state index is 12.3. The van der Waals surface area contributed by atoms with Crippen LogP contribution in [0.1, 0.15) is 117 Å². The van der Waals surface area contributed by atoms with Crippen LogP contribution in [0.15, 0.2) is 24.3 Å². The monoisotopic (exact) mass is 606 g/mol. The number of hydrogen-bond donors (Lipinski definition) is 3. The van der Waals surface area contributed by atoms with Gasteiger partial charge in [0.2, 0.25) is 0 Å². The number of aliphatic hydroxyl groups is 2. The Morgan fingerprint density at radius 2 is 1.32 bits per heavy atom. The average molecular weight is 607 g/mol. The minimum atomic E-state index is -4.58. The first kappa shape index (κ1) is 39.5. The highest BCUT2D eigenvalue weighted by molar-refractivity contribution is 7.47. The first-order valence-electron chi connectivity index (χ1n) is 15.3. The molecule has 0 saturated carbocycles. The zero-order valence-electron chi connectivity index (χ0n) is 25.3. The van der Waals surface area contributed by atoms with Crippen LogP contribution in [-0.4, -0.2) is 65.7 Å². The number of aliphatic hydroxyl groups excluding tert-OH is 2. The Hall–Kier alpha value is -1.55. The fraction of sp³-hybridized carbons (Fsp3) is 0.800. The van der Waals surface area contributed by atoms with Crippen molar-refractivity contribution in [1.82, 2.24) is 0 Å². The van der Waals surface area contributed by atoms with Gasteiger partial charge in [-0.1, -0.05) is 89.5 Å². The van der Waals surface area contributed by atoms with E-state index in [9.17, 15) is 24.2 Å². The fourth-order valence-electron chi connectivity index (χ4n) is 3.71. The molecule has 0 heterocycles. The quantitative estimate of drug-likeness (QED) is 0.0400. The molecule has 240 valence electrons. The molecule has 41 heavy (non-hydrogen) atoms. The van der Waals surface area contributed by atoms with Crippen molar-refractivity contribution in [1.29, 1.82) is 0 Å². The van der Waals surface area contributed by atoms with E-state index in [1.165, 1.54) is 44.9 Å². The maximum absolute atomic E-state index is 12.3. The molecule has 11 heteroatoms. The molecule has 10 nitrogen and oxygen atoms in total.